The number of carboxylic acid groups (broad SMARTS) is 1. The van der Waals surface area contributed by atoms with Gasteiger partial charge in [0.1, 0.15) is 6.10 Å². The number of aromatic nitrogens is 1. The van der Waals surface area contributed by atoms with Crippen LogP contribution in [0.1, 0.15) is 53.9 Å². The first-order chi connectivity index (χ1) is 16.4. The van der Waals surface area contributed by atoms with Gasteiger partial charge in [-0.1, -0.05) is 30.3 Å². The van der Waals surface area contributed by atoms with E-state index in [1.54, 1.807) is 12.1 Å². The van der Waals surface area contributed by atoms with Crippen LogP contribution >= 0.6 is 0 Å². The molecule has 3 aliphatic rings. The molecule has 176 valence electrons. The number of ether oxygens (including phenoxy) is 1. The van der Waals surface area contributed by atoms with Gasteiger partial charge in [-0.3, -0.25) is 4.79 Å². The number of hydrogen-bond donors (Lipinski definition) is 1. The number of aromatic carboxylic acids is 1. The maximum Gasteiger partial charge on any atom is 0.335 e. The molecule has 6 nitrogen and oxygen atoms in total. The van der Waals surface area contributed by atoms with E-state index in [2.05, 4.69) is 34.9 Å². The number of likely N-dealkylation sites (tertiary alicyclic amines) is 1. The van der Waals surface area contributed by atoms with Crippen molar-refractivity contribution in [3.8, 4) is 11.3 Å². The molecule has 2 aliphatic heterocycles. The van der Waals surface area contributed by atoms with Gasteiger partial charge in [0.2, 0.25) is 0 Å². The van der Waals surface area contributed by atoms with E-state index < -0.39 is 5.97 Å². The largest absolute Gasteiger partial charge is 0.478 e. The van der Waals surface area contributed by atoms with Crippen molar-refractivity contribution in [2.75, 3.05) is 19.7 Å². The number of aryl methyl sites for hydroxylation is 1. The number of fused-ring (bicyclic) bond motifs is 1. The van der Waals surface area contributed by atoms with E-state index in [9.17, 15) is 14.7 Å². The number of hydrogen-bond acceptors (Lipinski definition) is 3. The zero-order valence-electron chi connectivity index (χ0n) is 19.5. The van der Waals surface area contributed by atoms with Crippen LogP contribution < -0.4 is 0 Å². The normalized spacial score (nSPS) is 23.5. The van der Waals surface area contributed by atoms with Gasteiger partial charge in [-0.2, -0.15) is 0 Å². The molecule has 0 radical (unpaired) electrons. The Balaban J connectivity index is 1.15. The van der Waals surface area contributed by atoms with Crippen molar-refractivity contribution >= 4 is 22.8 Å². The summed E-state index contributed by atoms with van der Waals surface area (Å²) in [7, 11) is 1.98. The lowest BCUT2D eigenvalue weighted by Crippen LogP contribution is -2.44. The quantitative estimate of drug-likeness (QED) is 0.609. The Labute approximate surface area is 199 Å². The maximum atomic E-state index is 12.7. The Kier molecular flexibility index (Phi) is 5.03. The molecular weight excluding hydrogens is 428 g/mol. The molecule has 2 atom stereocenters. The van der Waals surface area contributed by atoms with Gasteiger partial charge in [0, 0.05) is 43.3 Å². The molecule has 34 heavy (non-hydrogen) atoms. The summed E-state index contributed by atoms with van der Waals surface area (Å²) in [6.07, 6.45) is 5.02. The number of nitrogens with zero attached hydrogens (tertiary/aromatic N) is 2. The molecule has 3 heterocycles. The fourth-order valence-corrected chi connectivity index (χ4v) is 6.15. The standard InChI is InChI=1S/C28H30N2O4/c1-29-23(15-20-8-9-21(27(32)33)16-24(20)29)19-6-4-18(5-7-19)22-17-28(22)10-12-30(13-11-28)26(31)25-3-2-14-34-25/h4-9,15-16,22,25H,2-3,10-14,17H2,1H3,(H,32,33)/t22-,25?/m1/s1. The SMILES string of the molecule is Cn1c(-c2ccc([C@H]3CC34CCN(C(=O)C3CCCO3)CC4)cc2)cc2ccc(C(=O)O)cc21. The summed E-state index contributed by atoms with van der Waals surface area (Å²) < 4.78 is 7.66. The number of carboxylic acids is 1. The Morgan fingerprint density at radius 3 is 2.50 bits per heavy atom. The molecule has 1 amide bonds. The molecule has 1 N–H and O–H groups in total. The van der Waals surface area contributed by atoms with E-state index in [1.807, 2.05) is 18.0 Å². The van der Waals surface area contributed by atoms with Crippen LogP contribution in [0.2, 0.25) is 0 Å². The third-order valence-electron chi connectivity index (χ3n) is 8.37. The van der Waals surface area contributed by atoms with Crippen molar-refractivity contribution in [3.05, 3.63) is 59.7 Å². The van der Waals surface area contributed by atoms with Gasteiger partial charge in [-0.05, 0) is 72.8 Å². The predicted octanol–water partition coefficient (Wildman–Crippen LogP) is 4.82. The minimum Gasteiger partial charge on any atom is -0.478 e. The van der Waals surface area contributed by atoms with Crippen LogP contribution in [-0.4, -0.2) is 52.3 Å². The van der Waals surface area contributed by atoms with Gasteiger partial charge in [0.25, 0.3) is 5.91 Å². The molecule has 0 bridgehead atoms. The highest BCUT2D eigenvalue weighted by molar-refractivity contribution is 5.95. The Bertz CT molecular complexity index is 1260. The highest BCUT2D eigenvalue weighted by Gasteiger charge is 2.55. The lowest BCUT2D eigenvalue weighted by molar-refractivity contribution is -0.142. The summed E-state index contributed by atoms with van der Waals surface area (Å²) in [5.74, 6) is -0.138. The van der Waals surface area contributed by atoms with Crippen molar-refractivity contribution in [1.29, 1.82) is 0 Å². The first-order valence-electron chi connectivity index (χ1n) is 12.3. The molecule has 1 aliphatic carbocycles. The second kappa shape index (κ2) is 7.98. The number of carbonyl (C=O) groups is 2. The smallest absolute Gasteiger partial charge is 0.335 e. The third-order valence-corrected chi connectivity index (χ3v) is 8.37. The minimum absolute atomic E-state index is 0.194. The summed E-state index contributed by atoms with van der Waals surface area (Å²) in [5, 5.41) is 10.3. The Hall–Kier alpha value is -3.12. The summed E-state index contributed by atoms with van der Waals surface area (Å²) in [6.45, 7) is 2.41. The number of rotatable bonds is 4. The van der Waals surface area contributed by atoms with Gasteiger partial charge in [0.15, 0.2) is 0 Å². The zero-order valence-corrected chi connectivity index (χ0v) is 19.5. The molecule has 2 aromatic carbocycles. The fraction of sp³-hybridized carbons (Fsp3) is 0.429. The molecule has 3 fully saturated rings. The van der Waals surface area contributed by atoms with E-state index in [4.69, 9.17) is 4.74 Å². The van der Waals surface area contributed by atoms with Gasteiger partial charge >= 0.3 is 5.97 Å². The molecule has 1 saturated carbocycles. The topological polar surface area (TPSA) is 71.8 Å². The van der Waals surface area contributed by atoms with Gasteiger partial charge in [0.05, 0.1) is 5.56 Å². The average Bonchev–Trinajstić information content (AvgIpc) is 3.18. The first kappa shape index (κ1) is 21.4. The van der Waals surface area contributed by atoms with Crippen LogP contribution in [0.25, 0.3) is 22.2 Å². The zero-order chi connectivity index (χ0) is 23.4. The van der Waals surface area contributed by atoms with Crippen LogP contribution in [0.3, 0.4) is 0 Å². The summed E-state index contributed by atoms with van der Waals surface area (Å²) >= 11 is 0. The van der Waals surface area contributed by atoms with Gasteiger partial charge < -0.3 is 19.3 Å². The highest BCUT2D eigenvalue weighted by atomic mass is 16.5. The highest BCUT2D eigenvalue weighted by Crippen LogP contribution is 2.65. The molecule has 3 aromatic rings. The molecule has 2 saturated heterocycles. The van der Waals surface area contributed by atoms with Crippen LogP contribution in [0, 0.1) is 5.41 Å². The molecular formula is C28H30N2O4. The summed E-state index contributed by atoms with van der Waals surface area (Å²) in [6, 6.07) is 16.3. The first-order valence-corrected chi connectivity index (χ1v) is 12.3. The van der Waals surface area contributed by atoms with Crippen molar-refractivity contribution in [3.63, 3.8) is 0 Å². The van der Waals surface area contributed by atoms with Crippen molar-refractivity contribution in [2.24, 2.45) is 12.5 Å². The molecule has 1 unspecified atom stereocenters. The maximum absolute atomic E-state index is 12.7. The fourth-order valence-electron chi connectivity index (χ4n) is 6.15. The van der Waals surface area contributed by atoms with Crippen LogP contribution in [0.5, 0.6) is 0 Å². The minimum atomic E-state index is -0.908. The lowest BCUT2D eigenvalue weighted by atomic mass is 9.88. The van der Waals surface area contributed by atoms with E-state index in [-0.39, 0.29) is 12.0 Å². The number of amides is 1. The number of benzene rings is 2. The van der Waals surface area contributed by atoms with E-state index in [0.717, 1.165) is 60.9 Å². The third kappa shape index (κ3) is 3.52. The second-order valence-electron chi connectivity index (χ2n) is 10.2. The second-order valence-corrected chi connectivity index (χ2v) is 10.2. The average molecular weight is 459 g/mol. The summed E-state index contributed by atoms with van der Waals surface area (Å²) in [5.41, 5.74) is 5.17. The molecule has 1 aromatic heterocycles. The van der Waals surface area contributed by atoms with Crippen molar-refractivity contribution in [2.45, 2.75) is 44.1 Å². The Morgan fingerprint density at radius 1 is 1.06 bits per heavy atom. The van der Waals surface area contributed by atoms with Crippen LogP contribution in [-0.2, 0) is 16.6 Å². The molecule has 1 spiro atoms. The van der Waals surface area contributed by atoms with Gasteiger partial charge in [-0.15, -0.1) is 0 Å². The van der Waals surface area contributed by atoms with Crippen LogP contribution in [0.4, 0.5) is 0 Å². The lowest BCUT2D eigenvalue weighted by Gasteiger charge is -2.34. The van der Waals surface area contributed by atoms with Crippen molar-refractivity contribution < 1.29 is 19.4 Å². The molecule has 6 rings (SSSR count). The number of piperidine rings is 1. The van der Waals surface area contributed by atoms with E-state index in [0.29, 0.717) is 23.5 Å². The number of carbonyl (C=O) groups excluding carboxylic acids is 1. The van der Waals surface area contributed by atoms with E-state index >= 15 is 0 Å². The van der Waals surface area contributed by atoms with Crippen LogP contribution in [0.15, 0.2) is 48.5 Å². The van der Waals surface area contributed by atoms with E-state index in [1.165, 1.54) is 12.0 Å². The monoisotopic (exact) mass is 458 g/mol. The van der Waals surface area contributed by atoms with Gasteiger partial charge in [-0.25, -0.2) is 4.79 Å². The summed E-state index contributed by atoms with van der Waals surface area (Å²) in [4.78, 5) is 26.0. The molecule has 6 heteroatoms. The predicted molar refractivity (Wildman–Crippen MR) is 130 cm³/mol. The van der Waals surface area contributed by atoms with Crippen molar-refractivity contribution in [1.82, 2.24) is 9.47 Å². The Morgan fingerprint density at radius 2 is 1.82 bits per heavy atom.